The van der Waals surface area contributed by atoms with E-state index in [2.05, 4.69) is 5.10 Å². The summed E-state index contributed by atoms with van der Waals surface area (Å²) in [5.41, 5.74) is -0.197. The predicted molar refractivity (Wildman–Crippen MR) is 51.2 cm³/mol. The number of hydrogen-bond acceptors (Lipinski definition) is 4. The van der Waals surface area contributed by atoms with E-state index in [-0.39, 0.29) is 18.8 Å². The number of aliphatic hydroxyl groups is 1. The lowest BCUT2D eigenvalue weighted by atomic mass is 10.4. The molecule has 0 saturated carbocycles. The van der Waals surface area contributed by atoms with E-state index >= 15 is 0 Å². The van der Waals surface area contributed by atoms with E-state index in [0.717, 1.165) is 0 Å². The van der Waals surface area contributed by atoms with Crippen molar-refractivity contribution in [2.24, 2.45) is 7.05 Å². The number of rotatable bonds is 3. The van der Waals surface area contributed by atoms with E-state index in [1.54, 1.807) is 19.2 Å². The van der Waals surface area contributed by atoms with Gasteiger partial charge in [-0.2, -0.15) is 5.10 Å². The van der Waals surface area contributed by atoms with E-state index in [0.29, 0.717) is 11.5 Å². The highest BCUT2D eigenvalue weighted by molar-refractivity contribution is 5.06. The first-order chi connectivity index (χ1) is 7.20. The Kier molecular flexibility index (Phi) is 2.42. The Hall–Kier alpha value is -1.82. The number of nitrogens with zero attached hydrogens (tertiary/aromatic N) is 3. The van der Waals surface area contributed by atoms with Crippen LogP contribution in [0.3, 0.4) is 0 Å². The van der Waals surface area contributed by atoms with Crippen molar-refractivity contribution in [3.8, 4) is 0 Å². The SMILES string of the molecule is Cn1cnn(Cc2ccc(CO)o2)c1=O. The summed E-state index contributed by atoms with van der Waals surface area (Å²) in [5.74, 6) is 1.08. The Balaban J connectivity index is 2.22. The van der Waals surface area contributed by atoms with Crippen molar-refractivity contribution >= 4 is 0 Å². The van der Waals surface area contributed by atoms with Gasteiger partial charge in [-0.1, -0.05) is 0 Å². The van der Waals surface area contributed by atoms with Crippen LogP contribution in [-0.2, 0) is 20.2 Å². The normalized spacial score (nSPS) is 10.8. The van der Waals surface area contributed by atoms with E-state index in [1.165, 1.54) is 15.6 Å². The first-order valence-electron chi connectivity index (χ1n) is 4.47. The number of hydrogen-bond donors (Lipinski definition) is 1. The van der Waals surface area contributed by atoms with Crippen molar-refractivity contribution in [3.05, 3.63) is 40.5 Å². The molecule has 2 aromatic rings. The molecule has 6 heteroatoms. The van der Waals surface area contributed by atoms with Gasteiger partial charge in [0.2, 0.25) is 0 Å². The molecule has 0 aliphatic rings. The van der Waals surface area contributed by atoms with Crippen LogP contribution in [0.1, 0.15) is 11.5 Å². The minimum Gasteiger partial charge on any atom is -0.462 e. The van der Waals surface area contributed by atoms with Gasteiger partial charge < -0.3 is 9.52 Å². The summed E-state index contributed by atoms with van der Waals surface area (Å²) in [4.78, 5) is 11.4. The molecule has 80 valence electrons. The first kappa shape index (κ1) is 9.72. The van der Waals surface area contributed by atoms with Crippen molar-refractivity contribution in [1.29, 1.82) is 0 Å². The van der Waals surface area contributed by atoms with E-state index in [1.807, 2.05) is 0 Å². The molecular formula is C9H11N3O3. The summed E-state index contributed by atoms with van der Waals surface area (Å²) < 4.78 is 7.92. The molecule has 0 spiro atoms. The Labute approximate surface area is 85.4 Å². The molecule has 15 heavy (non-hydrogen) atoms. The minimum atomic E-state index is -0.197. The molecule has 0 aromatic carbocycles. The van der Waals surface area contributed by atoms with Crippen molar-refractivity contribution < 1.29 is 9.52 Å². The molecule has 2 rings (SSSR count). The molecule has 0 aliphatic carbocycles. The summed E-state index contributed by atoms with van der Waals surface area (Å²) in [6, 6.07) is 3.38. The maximum Gasteiger partial charge on any atom is 0.345 e. The van der Waals surface area contributed by atoms with E-state index in [4.69, 9.17) is 9.52 Å². The number of furan rings is 1. The van der Waals surface area contributed by atoms with Crippen LogP contribution in [0.4, 0.5) is 0 Å². The molecule has 0 amide bonds. The van der Waals surface area contributed by atoms with Crippen LogP contribution in [0.15, 0.2) is 27.7 Å². The Morgan fingerprint density at radius 3 is 2.73 bits per heavy atom. The molecule has 2 heterocycles. The molecule has 0 aliphatic heterocycles. The second kappa shape index (κ2) is 3.74. The molecule has 0 radical (unpaired) electrons. The zero-order valence-corrected chi connectivity index (χ0v) is 8.25. The van der Waals surface area contributed by atoms with Crippen molar-refractivity contribution in [2.45, 2.75) is 13.2 Å². The van der Waals surface area contributed by atoms with Gasteiger partial charge >= 0.3 is 5.69 Å². The molecule has 0 saturated heterocycles. The van der Waals surface area contributed by atoms with Gasteiger partial charge in [0, 0.05) is 7.05 Å². The van der Waals surface area contributed by atoms with Crippen LogP contribution in [0.5, 0.6) is 0 Å². The molecule has 0 fully saturated rings. The third-order valence-electron chi connectivity index (χ3n) is 2.07. The van der Waals surface area contributed by atoms with Crippen molar-refractivity contribution in [1.82, 2.24) is 14.3 Å². The summed E-state index contributed by atoms with van der Waals surface area (Å²) in [6.45, 7) is 0.136. The predicted octanol–water partition coefficient (Wildman–Crippen LogP) is -0.285. The second-order valence-electron chi connectivity index (χ2n) is 3.21. The molecule has 0 unspecified atom stereocenters. The van der Waals surface area contributed by atoms with Gasteiger partial charge in [0.1, 0.15) is 31.0 Å². The lowest BCUT2D eigenvalue weighted by Crippen LogP contribution is -2.23. The highest BCUT2D eigenvalue weighted by Gasteiger charge is 2.06. The summed E-state index contributed by atoms with van der Waals surface area (Å²) in [5, 5.41) is 12.7. The second-order valence-corrected chi connectivity index (χ2v) is 3.21. The Morgan fingerprint density at radius 2 is 2.20 bits per heavy atom. The number of aliphatic hydroxyl groups excluding tert-OH is 1. The fourth-order valence-corrected chi connectivity index (χ4v) is 1.27. The quantitative estimate of drug-likeness (QED) is 0.754. The topological polar surface area (TPSA) is 73.2 Å². The lowest BCUT2D eigenvalue weighted by Gasteiger charge is -1.95. The Bertz CT molecular complexity index is 509. The highest BCUT2D eigenvalue weighted by Crippen LogP contribution is 2.07. The van der Waals surface area contributed by atoms with E-state index in [9.17, 15) is 4.79 Å². The van der Waals surface area contributed by atoms with Gasteiger partial charge in [0.05, 0.1) is 0 Å². The smallest absolute Gasteiger partial charge is 0.345 e. The zero-order chi connectivity index (χ0) is 10.8. The maximum absolute atomic E-state index is 11.4. The average molecular weight is 209 g/mol. The minimum absolute atomic E-state index is 0.142. The highest BCUT2D eigenvalue weighted by atomic mass is 16.4. The molecule has 0 bridgehead atoms. The lowest BCUT2D eigenvalue weighted by molar-refractivity contribution is 0.242. The largest absolute Gasteiger partial charge is 0.462 e. The molecule has 2 aromatic heterocycles. The van der Waals surface area contributed by atoms with Crippen LogP contribution in [0, 0.1) is 0 Å². The van der Waals surface area contributed by atoms with E-state index < -0.39 is 0 Å². The van der Waals surface area contributed by atoms with Crippen molar-refractivity contribution in [2.75, 3.05) is 0 Å². The van der Waals surface area contributed by atoms with Crippen molar-refractivity contribution in [3.63, 3.8) is 0 Å². The van der Waals surface area contributed by atoms with Gasteiger partial charge in [-0.05, 0) is 12.1 Å². The number of aryl methyl sites for hydroxylation is 1. The monoisotopic (exact) mass is 209 g/mol. The summed E-state index contributed by atoms with van der Waals surface area (Å²) >= 11 is 0. The maximum atomic E-state index is 11.4. The Morgan fingerprint density at radius 1 is 1.47 bits per heavy atom. The average Bonchev–Trinajstić information content (AvgIpc) is 2.80. The van der Waals surface area contributed by atoms with Gasteiger partial charge in [0.15, 0.2) is 0 Å². The van der Waals surface area contributed by atoms with Gasteiger partial charge in [-0.25, -0.2) is 9.48 Å². The molecule has 6 nitrogen and oxygen atoms in total. The third kappa shape index (κ3) is 1.84. The first-order valence-corrected chi connectivity index (χ1v) is 4.47. The molecule has 1 N–H and O–H groups in total. The molecular weight excluding hydrogens is 198 g/mol. The van der Waals surface area contributed by atoms with Crippen LogP contribution < -0.4 is 5.69 Å². The third-order valence-corrected chi connectivity index (χ3v) is 2.07. The van der Waals surface area contributed by atoms with Gasteiger partial charge in [0.25, 0.3) is 0 Å². The van der Waals surface area contributed by atoms with Gasteiger partial charge in [-0.3, -0.25) is 4.57 Å². The summed E-state index contributed by atoms with van der Waals surface area (Å²) in [7, 11) is 1.63. The van der Waals surface area contributed by atoms with Crippen LogP contribution in [0.25, 0.3) is 0 Å². The molecule has 0 atom stereocenters. The fourth-order valence-electron chi connectivity index (χ4n) is 1.27. The fraction of sp³-hybridized carbons (Fsp3) is 0.333. The zero-order valence-electron chi connectivity index (χ0n) is 8.25. The van der Waals surface area contributed by atoms with Crippen LogP contribution >= 0.6 is 0 Å². The standard InChI is InChI=1S/C9H11N3O3/c1-11-6-10-12(9(11)14)4-7-2-3-8(5-13)15-7/h2-3,6,13H,4-5H2,1H3. The van der Waals surface area contributed by atoms with Gasteiger partial charge in [-0.15, -0.1) is 0 Å². The summed E-state index contributed by atoms with van der Waals surface area (Å²) in [6.07, 6.45) is 1.44. The number of aromatic nitrogens is 3. The van der Waals surface area contributed by atoms with Crippen LogP contribution in [-0.4, -0.2) is 19.5 Å². The van der Waals surface area contributed by atoms with Crippen LogP contribution in [0.2, 0.25) is 0 Å².